The zero-order valence-corrected chi connectivity index (χ0v) is 17.2. The Morgan fingerprint density at radius 2 is 1.79 bits per heavy atom. The van der Waals surface area contributed by atoms with E-state index in [4.69, 9.17) is 0 Å². The molecule has 2 aromatic rings. The fourth-order valence-electron chi connectivity index (χ4n) is 3.27. The van der Waals surface area contributed by atoms with Crippen LogP contribution in [-0.2, 0) is 0 Å². The molecule has 122 valence electrons. The number of hydrogen-bond acceptors (Lipinski definition) is 0. The molecule has 0 aliphatic carbocycles. The van der Waals surface area contributed by atoms with Gasteiger partial charge in [0, 0.05) is 38.2 Å². The molecule has 2 aliphatic heterocycles. The monoisotopic (exact) mass is 516 g/mol. The Balaban J connectivity index is 2.14. The van der Waals surface area contributed by atoms with Crippen LogP contribution in [0, 0.1) is 6.92 Å². The molecule has 0 fully saturated rings. The zero-order chi connectivity index (χ0) is 17.2. The molecule has 2 nitrogen and oxygen atoms in total. The number of fused-ring (bicyclic) bond motifs is 2. The number of nitrogens with zero attached hydrogens (tertiary/aromatic N) is 2. The highest BCUT2D eigenvalue weighted by atomic mass is 79.9. The van der Waals surface area contributed by atoms with Gasteiger partial charge >= 0.3 is 6.97 Å². The van der Waals surface area contributed by atoms with Crippen LogP contribution in [0.4, 0.5) is 8.63 Å². The van der Waals surface area contributed by atoms with Gasteiger partial charge in [-0.1, -0.05) is 22.0 Å². The molecular formula is C16H10BBr3F2N2. The highest BCUT2D eigenvalue weighted by Gasteiger charge is 2.54. The van der Waals surface area contributed by atoms with Crippen molar-refractivity contribution in [3.63, 3.8) is 0 Å². The number of rotatable bonds is 1. The predicted molar refractivity (Wildman–Crippen MR) is 104 cm³/mol. The molecule has 3 heterocycles. The quantitative estimate of drug-likeness (QED) is 0.429. The van der Waals surface area contributed by atoms with Gasteiger partial charge in [0.2, 0.25) is 4.62 Å². The minimum atomic E-state index is -3.98. The molecule has 0 unspecified atom stereocenters. The summed E-state index contributed by atoms with van der Waals surface area (Å²) in [5.41, 5.74) is 3.75. The SMILES string of the molecule is Cc1ccc(Br)cc1C1=C2C=CC(Br)=[N+]2[B-](F)(F)n2c(Br)ccc21. The molecule has 1 aromatic carbocycles. The number of aromatic nitrogens is 1. The van der Waals surface area contributed by atoms with Crippen LogP contribution in [-0.4, -0.2) is 20.6 Å². The van der Waals surface area contributed by atoms with E-state index in [2.05, 4.69) is 47.8 Å². The Labute approximate surface area is 163 Å². The van der Waals surface area contributed by atoms with Crippen molar-refractivity contribution in [1.29, 1.82) is 0 Å². The Morgan fingerprint density at radius 1 is 1.04 bits per heavy atom. The molecule has 0 N–H and O–H groups in total. The van der Waals surface area contributed by atoms with Gasteiger partial charge in [0.25, 0.3) is 0 Å². The smallest absolute Gasteiger partial charge is 0.389 e. The average molecular weight is 519 g/mol. The van der Waals surface area contributed by atoms with Crippen LogP contribution in [0.2, 0.25) is 0 Å². The van der Waals surface area contributed by atoms with Crippen molar-refractivity contribution in [1.82, 2.24) is 4.48 Å². The summed E-state index contributed by atoms with van der Waals surface area (Å²) in [6, 6.07) is 9.30. The zero-order valence-electron chi connectivity index (χ0n) is 12.4. The van der Waals surface area contributed by atoms with Gasteiger partial charge < -0.3 is 17.6 Å². The first-order chi connectivity index (χ1) is 11.3. The van der Waals surface area contributed by atoms with E-state index in [0.717, 1.165) is 30.1 Å². The summed E-state index contributed by atoms with van der Waals surface area (Å²) in [4.78, 5) is 0. The van der Waals surface area contributed by atoms with E-state index < -0.39 is 6.97 Å². The maximum absolute atomic E-state index is 15.2. The summed E-state index contributed by atoms with van der Waals surface area (Å²) in [7, 11) is 0. The Kier molecular flexibility index (Phi) is 3.78. The van der Waals surface area contributed by atoms with Crippen molar-refractivity contribution < 1.29 is 13.1 Å². The van der Waals surface area contributed by atoms with E-state index >= 15 is 8.63 Å². The highest BCUT2D eigenvalue weighted by molar-refractivity contribution is 9.18. The van der Waals surface area contributed by atoms with E-state index in [0.29, 0.717) is 20.6 Å². The standard InChI is InChI=1S/C16H10BBr3F2N2/c1-9-2-3-10(18)8-11(9)16-12-4-6-14(19)23(12)17(21,22)24-13(16)5-7-15(24)20/h2-8H,1H3. The van der Waals surface area contributed by atoms with E-state index in [1.54, 1.807) is 24.3 Å². The van der Waals surface area contributed by atoms with Gasteiger partial charge in [-0.05, 0) is 58.2 Å². The third-order valence-corrected chi connectivity index (χ3v) is 6.13. The lowest BCUT2D eigenvalue weighted by atomic mass is 9.85. The lowest BCUT2D eigenvalue weighted by Crippen LogP contribution is -2.50. The summed E-state index contributed by atoms with van der Waals surface area (Å²) < 4.78 is 34.1. The topological polar surface area (TPSA) is 7.94 Å². The number of hydrogen-bond donors (Lipinski definition) is 0. The molecule has 24 heavy (non-hydrogen) atoms. The van der Waals surface area contributed by atoms with Crippen molar-refractivity contribution in [3.05, 3.63) is 74.1 Å². The van der Waals surface area contributed by atoms with Crippen molar-refractivity contribution in [2.45, 2.75) is 6.92 Å². The van der Waals surface area contributed by atoms with Crippen LogP contribution in [0.1, 0.15) is 16.8 Å². The lowest BCUT2D eigenvalue weighted by Gasteiger charge is -2.32. The fourth-order valence-corrected chi connectivity index (χ4v) is 4.77. The van der Waals surface area contributed by atoms with Gasteiger partial charge in [-0.3, -0.25) is 0 Å². The molecule has 0 saturated heterocycles. The highest BCUT2D eigenvalue weighted by Crippen LogP contribution is 2.43. The first-order valence-electron chi connectivity index (χ1n) is 7.22. The van der Waals surface area contributed by atoms with Crippen molar-refractivity contribution >= 4 is 65.0 Å². The van der Waals surface area contributed by atoms with E-state index in [-0.39, 0.29) is 0 Å². The number of allylic oxidation sites excluding steroid dienone is 2. The van der Waals surface area contributed by atoms with Crippen LogP contribution in [0.5, 0.6) is 0 Å². The number of aryl methyl sites for hydroxylation is 1. The van der Waals surface area contributed by atoms with Gasteiger partial charge in [0.05, 0.1) is 10.2 Å². The van der Waals surface area contributed by atoms with Crippen molar-refractivity contribution in [2.75, 3.05) is 0 Å². The van der Waals surface area contributed by atoms with Crippen LogP contribution in [0.25, 0.3) is 5.57 Å². The van der Waals surface area contributed by atoms with Gasteiger partial charge in [-0.25, -0.2) is 0 Å². The maximum Gasteiger partial charge on any atom is 0.738 e. The fraction of sp³-hybridized carbons (Fsp3) is 0.0625. The normalized spacial score (nSPS) is 18.2. The van der Waals surface area contributed by atoms with Crippen LogP contribution < -0.4 is 0 Å². The first kappa shape index (κ1) is 16.5. The minimum absolute atomic E-state index is 0.360. The summed E-state index contributed by atoms with van der Waals surface area (Å²) >= 11 is 10.0. The molecule has 0 amide bonds. The van der Waals surface area contributed by atoms with Crippen molar-refractivity contribution in [2.24, 2.45) is 0 Å². The summed E-state index contributed by atoms with van der Waals surface area (Å²) in [5, 5.41) is 0. The van der Waals surface area contributed by atoms with Crippen molar-refractivity contribution in [3.8, 4) is 0 Å². The lowest BCUT2D eigenvalue weighted by molar-refractivity contribution is -0.358. The second-order valence-electron chi connectivity index (χ2n) is 5.75. The number of halogens is 5. The van der Waals surface area contributed by atoms with E-state index in [9.17, 15) is 0 Å². The first-order valence-corrected chi connectivity index (χ1v) is 9.60. The molecule has 0 spiro atoms. The Morgan fingerprint density at radius 3 is 2.54 bits per heavy atom. The third-order valence-electron chi connectivity index (χ3n) is 4.34. The van der Waals surface area contributed by atoms with Crippen LogP contribution in [0.15, 0.2) is 57.3 Å². The van der Waals surface area contributed by atoms with Gasteiger partial charge in [0.15, 0.2) is 5.70 Å². The molecule has 0 radical (unpaired) electrons. The molecule has 0 atom stereocenters. The van der Waals surface area contributed by atoms with E-state index in [1.165, 1.54) is 0 Å². The maximum atomic E-state index is 15.2. The second kappa shape index (κ2) is 5.51. The molecule has 1 aromatic heterocycles. The molecule has 0 bridgehead atoms. The van der Waals surface area contributed by atoms with Gasteiger partial charge in [0.1, 0.15) is 0 Å². The average Bonchev–Trinajstić information content (AvgIpc) is 3.08. The Bertz CT molecular complexity index is 989. The predicted octanol–water partition coefficient (Wildman–Crippen LogP) is 5.69. The molecule has 2 aliphatic rings. The van der Waals surface area contributed by atoms with Crippen LogP contribution >= 0.6 is 47.8 Å². The molecule has 4 rings (SSSR count). The molecular weight excluding hydrogens is 509 g/mol. The second-order valence-corrected chi connectivity index (χ2v) is 8.29. The van der Waals surface area contributed by atoms with Crippen LogP contribution in [0.3, 0.4) is 0 Å². The minimum Gasteiger partial charge on any atom is -0.389 e. The Hall–Kier alpha value is -0.985. The third kappa shape index (κ3) is 2.19. The van der Waals surface area contributed by atoms with E-state index in [1.807, 2.05) is 25.1 Å². The summed E-state index contributed by atoms with van der Waals surface area (Å²) in [6.45, 7) is -1.99. The van der Waals surface area contributed by atoms with Gasteiger partial charge in [-0.2, -0.15) is 0 Å². The molecule has 8 heteroatoms. The number of benzene rings is 1. The largest absolute Gasteiger partial charge is 0.738 e. The summed E-state index contributed by atoms with van der Waals surface area (Å²) in [6.07, 6.45) is 3.40. The van der Waals surface area contributed by atoms with Gasteiger partial charge in [-0.15, -0.1) is 0 Å². The summed E-state index contributed by atoms with van der Waals surface area (Å²) in [5.74, 6) is 0. The molecule has 0 saturated carbocycles.